The number of hydrogen-bond acceptors (Lipinski definition) is 3. The average Bonchev–Trinajstić information content (AvgIpc) is 3.14. The van der Waals surface area contributed by atoms with Gasteiger partial charge in [0.2, 0.25) is 5.91 Å². The summed E-state index contributed by atoms with van der Waals surface area (Å²) in [4.78, 5) is 22.8. The number of benzene rings is 3. The standard InChI is InChI=1S/C27H26N4O/c1-3-18-10-9-11-19(4-2)25(18)30-24(32)16-17-31-23-15-8-5-12-20(23)26-27(31)29-22-14-7-6-13-21(22)28-26/h5-15H,3-4,16-17H2,1-2H3,(H,30,32). The monoisotopic (exact) mass is 422 g/mol. The lowest BCUT2D eigenvalue weighted by atomic mass is 10.0. The number of hydrogen-bond donors (Lipinski definition) is 1. The van der Waals surface area contributed by atoms with E-state index in [-0.39, 0.29) is 5.91 Å². The van der Waals surface area contributed by atoms with E-state index in [0.29, 0.717) is 13.0 Å². The highest BCUT2D eigenvalue weighted by Gasteiger charge is 2.16. The molecular weight excluding hydrogens is 396 g/mol. The predicted octanol–water partition coefficient (Wildman–Crippen LogP) is 5.89. The van der Waals surface area contributed by atoms with Gasteiger partial charge in [-0.05, 0) is 42.2 Å². The third-order valence-corrected chi connectivity index (χ3v) is 6.08. The molecule has 0 aliphatic carbocycles. The van der Waals surface area contributed by atoms with Gasteiger partial charge in [0, 0.05) is 24.0 Å². The van der Waals surface area contributed by atoms with E-state index in [0.717, 1.165) is 51.6 Å². The van der Waals surface area contributed by atoms with Gasteiger partial charge >= 0.3 is 0 Å². The Hall–Kier alpha value is -3.73. The Kier molecular flexibility index (Phi) is 5.31. The molecule has 32 heavy (non-hydrogen) atoms. The maximum atomic E-state index is 13.0. The zero-order chi connectivity index (χ0) is 22.1. The third-order valence-electron chi connectivity index (χ3n) is 6.08. The van der Waals surface area contributed by atoms with Crippen LogP contribution in [0.15, 0.2) is 66.7 Å². The maximum absolute atomic E-state index is 13.0. The third kappa shape index (κ3) is 3.50. The first-order valence-electron chi connectivity index (χ1n) is 11.2. The van der Waals surface area contributed by atoms with Crippen molar-refractivity contribution < 1.29 is 4.79 Å². The molecule has 5 aromatic rings. The molecule has 160 valence electrons. The van der Waals surface area contributed by atoms with E-state index in [4.69, 9.17) is 9.97 Å². The van der Waals surface area contributed by atoms with Crippen LogP contribution in [-0.2, 0) is 24.2 Å². The molecule has 2 aromatic heterocycles. The van der Waals surface area contributed by atoms with E-state index in [1.807, 2.05) is 36.4 Å². The van der Waals surface area contributed by atoms with E-state index < -0.39 is 0 Å². The maximum Gasteiger partial charge on any atom is 0.226 e. The Morgan fingerprint density at radius 3 is 2.22 bits per heavy atom. The number of nitrogens with one attached hydrogen (secondary N) is 1. The molecular formula is C27H26N4O. The summed E-state index contributed by atoms with van der Waals surface area (Å²) in [6.07, 6.45) is 2.14. The zero-order valence-corrected chi connectivity index (χ0v) is 18.4. The minimum Gasteiger partial charge on any atom is -0.326 e. The number of para-hydroxylation sites is 4. The molecule has 1 amide bonds. The Morgan fingerprint density at radius 1 is 0.844 bits per heavy atom. The van der Waals surface area contributed by atoms with Crippen LogP contribution >= 0.6 is 0 Å². The largest absolute Gasteiger partial charge is 0.326 e. The first kappa shape index (κ1) is 20.2. The molecule has 0 fully saturated rings. The number of amides is 1. The van der Waals surface area contributed by atoms with Gasteiger partial charge < -0.3 is 9.88 Å². The predicted molar refractivity (Wildman–Crippen MR) is 131 cm³/mol. The quantitative estimate of drug-likeness (QED) is 0.371. The second-order valence-electron chi connectivity index (χ2n) is 8.01. The molecule has 0 aliphatic rings. The number of aryl methyl sites for hydroxylation is 3. The van der Waals surface area contributed by atoms with Crippen molar-refractivity contribution in [2.24, 2.45) is 0 Å². The van der Waals surface area contributed by atoms with E-state index in [2.05, 4.69) is 54.1 Å². The van der Waals surface area contributed by atoms with Crippen molar-refractivity contribution in [3.63, 3.8) is 0 Å². The number of anilines is 1. The summed E-state index contributed by atoms with van der Waals surface area (Å²) >= 11 is 0. The van der Waals surface area contributed by atoms with E-state index in [9.17, 15) is 4.79 Å². The summed E-state index contributed by atoms with van der Waals surface area (Å²) in [7, 11) is 0. The van der Waals surface area contributed by atoms with Gasteiger partial charge in [-0.2, -0.15) is 0 Å². The molecule has 5 rings (SSSR count). The minimum absolute atomic E-state index is 0.0141. The van der Waals surface area contributed by atoms with Gasteiger partial charge in [-0.25, -0.2) is 9.97 Å². The SMILES string of the molecule is CCc1cccc(CC)c1NC(=O)CCn1c2ccccc2c2nc3ccccc3nc21. The van der Waals surface area contributed by atoms with Crippen LogP contribution in [-0.4, -0.2) is 20.4 Å². The fraction of sp³-hybridized carbons (Fsp3) is 0.222. The highest BCUT2D eigenvalue weighted by molar-refractivity contribution is 6.06. The Balaban J connectivity index is 1.49. The van der Waals surface area contributed by atoms with Crippen LogP contribution in [0.5, 0.6) is 0 Å². The highest BCUT2D eigenvalue weighted by Crippen LogP contribution is 2.29. The van der Waals surface area contributed by atoms with E-state index in [1.54, 1.807) is 0 Å². The molecule has 0 bridgehead atoms. The fourth-order valence-electron chi connectivity index (χ4n) is 4.43. The van der Waals surface area contributed by atoms with E-state index >= 15 is 0 Å². The van der Waals surface area contributed by atoms with E-state index in [1.165, 1.54) is 11.1 Å². The van der Waals surface area contributed by atoms with Gasteiger partial charge in [0.05, 0.1) is 16.6 Å². The number of aromatic nitrogens is 3. The first-order valence-corrected chi connectivity index (χ1v) is 11.2. The van der Waals surface area contributed by atoms with Crippen molar-refractivity contribution in [1.29, 1.82) is 0 Å². The van der Waals surface area contributed by atoms with Crippen molar-refractivity contribution in [2.75, 3.05) is 5.32 Å². The summed E-state index contributed by atoms with van der Waals surface area (Å²) in [6.45, 7) is 4.77. The van der Waals surface area contributed by atoms with Crippen molar-refractivity contribution in [2.45, 2.75) is 39.7 Å². The molecule has 0 radical (unpaired) electrons. The summed E-state index contributed by atoms with van der Waals surface area (Å²) < 4.78 is 2.12. The van der Waals surface area contributed by atoms with Gasteiger partial charge in [0.1, 0.15) is 5.52 Å². The lowest BCUT2D eigenvalue weighted by molar-refractivity contribution is -0.116. The molecule has 1 N–H and O–H groups in total. The lowest BCUT2D eigenvalue weighted by Gasteiger charge is -2.15. The average molecular weight is 423 g/mol. The number of nitrogens with zero attached hydrogens (tertiary/aromatic N) is 3. The number of carbonyl (C=O) groups is 1. The van der Waals surface area contributed by atoms with Crippen molar-refractivity contribution in [1.82, 2.24) is 14.5 Å². The first-order chi connectivity index (χ1) is 15.7. The molecule has 0 saturated heterocycles. The van der Waals surface area contributed by atoms with Crippen LogP contribution < -0.4 is 5.32 Å². The molecule has 0 aliphatic heterocycles. The molecule has 0 saturated carbocycles. The molecule has 0 atom stereocenters. The van der Waals surface area contributed by atoms with Gasteiger partial charge in [0.15, 0.2) is 5.65 Å². The topological polar surface area (TPSA) is 59.8 Å². The second-order valence-corrected chi connectivity index (χ2v) is 8.01. The van der Waals surface area contributed by atoms with Crippen LogP contribution in [0.2, 0.25) is 0 Å². The Labute approximate surface area is 187 Å². The van der Waals surface area contributed by atoms with Crippen LogP contribution in [0, 0.1) is 0 Å². The smallest absolute Gasteiger partial charge is 0.226 e. The molecule has 0 spiro atoms. The fourth-order valence-corrected chi connectivity index (χ4v) is 4.43. The summed E-state index contributed by atoms with van der Waals surface area (Å²) in [5.74, 6) is 0.0141. The number of fused-ring (bicyclic) bond motifs is 4. The van der Waals surface area contributed by atoms with Gasteiger partial charge in [-0.1, -0.05) is 62.4 Å². The zero-order valence-electron chi connectivity index (χ0n) is 18.4. The van der Waals surface area contributed by atoms with Gasteiger partial charge in [-0.3, -0.25) is 4.79 Å². The van der Waals surface area contributed by atoms with Crippen LogP contribution in [0.3, 0.4) is 0 Å². The minimum atomic E-state index is 0.0141. The number of carbonyl (C=O) groups excluding carboxylic acids is 1. The van der Waals surface area contributed by atoms with Crippen LogP contribution in [0.25, 0.3) is 33.1 Å². The summed E-state index contributed by atoms with van der Waals surface area (Å²) in [5.41, 5.74) is 7.80. The highest BCUT2D eigenvalue weighted by atomic mass is 16.1. The molecule has 5 heteroatoms. The van der Waals surface area contributed by atoms with Gasteiger partial charge in [0.25, 0.3) is 0 Å². The van der Waals surface area contributed by atoms with Crippen LogP contribution in [0.4, 0.5) is 5.69 Å². The lowest BCUT2D eigenvalue weighted by Crippen LogP contribution is -2.17. The second kappa shape index (κ2) is 8.42. The number of rotatable bonds is 6. The summed E-state index contributed by atoms with van der Waals surface area (Å²) in [6, 6.07) is 22.3. The van der Waals surface area contributed by atoms with Crippen molar-refractivity contribution in [3.05, 3.63) is 77.9 Å². The molecule has 2 heterocycles. The Bertz CT molecular complexity index is 1430. The molecule has 3 aromatic carbocycles. The molecule has 5 nitrogen and oxygen atoms in total. The normalized spacial score (nSPS) is 11.4. The van der Waals surface area contributed by atoms with Gasteiger partial charge in [-0.15, -0.1) is 0 Å². The van der Waals surface area contributed by atoms with Crippen molar-refractivity contribution >= 4 is 44.7 Å². The summed E-state index contributed by atoms with van der Waals surface area (Å²) in [5, 5.41) is 4.24. The van der Waals surface area contributed by atoms with Crippen LogP contribution in [0.1, 0.15) is 31.4 Å². The Morgan fingerprint density at radius 2 is 1.50 bits per heavy atom. The molecule has 0 unspecified atom stereocenters. The van der Waals surface area contributed by atoms with Crippen molar-refractivity contribution in [3.8, 4) is 0 Å².